The van der Waals surface area contributed by atoms with Crippen LogP contribution >= 0.6 is 0 Å². The standard InChI is InChI=1S/2C11H19NO4/c2*1-11(2,3)16-10(15)12(4)8-5-7(6-8)9(13)14/h2*7-8H,5-6H2,1-4H3,(H,13,14). The summed E-state index contributed by atoms with van der Waals surface area (Å²) < 4.78 is 10.4. The van der Waals surface area contributed by atoms with Crippen molar-refractivity contribution >= 4 is 24.1 Å². The van der Waals surface area contributed by atoms with Crippen LogP contribution in [0.25, 0.3) is 0 Å². The van der Waals surface area contributed by atoms with Gasteiger partial charge in [0.2, 0.25) is 0 Å². The number of ether oxygens (including phenoxy) is 2. The average molecular weight is 459 g/mol. The summed E-state index contributed by atoms with van der Waals surface area (Å²) in [5.41, 5.74) is -1.03. The van der Waals surface area contributed by atoms with E-state index in [1.165, 1.54) is 9.80 Å². The van der Waals surface area contributed by atoms with Gasteiger partial charge in [0, 0.05) is 26.2 Å². The number of carbonyl (C=O) groups is 4. The predicted octanol–water partition coefficient (Wildman–Crippen LogP) is 3.43. The Hall–Kier alpha value is -2.52. The molecule has 2 N–H and O–H groups in total. The molecule has 2 aliphatic carbocycles. The Kier molecular flexibility index (Phi) is 8.94. The second-order valence-electron chi connectivity index (χ2n) is 10.5. The smallest absolute Gasteiger partial charge is 0.410 e. The highest BCUT2D eigenvalue weighted by Crippen LogP contribution is 2.32. The number of carboxylic acids is 2. The Bertz CT molecular complexity index is 638. The van der Waals surface area contributed by atoms with Gasteiger partial charge in [0.1, 0.15) is 11.2 Å². The van der Waals surface area contributed by atoms with Crippen LogP contribution in [0.5, 0.6) is 0 Å². The van der Waals surface area contributed by atoms with Crippen molar-refractivity contribution < 1.29 is 38.9 Å². The molecular weight excluding hydrogens is 420 g/mol. The minimum absolute atomic E-state index is 0.00375. The second-order valence-corrected chi connectivity index (χ2v) is 10.5. The van der Waals surface area contributed by atoms with E-state index in [9.17, 15) is 19.2 Å². The van der Waals surface area contributed by atoms with E-state index in [1.54, 1.807) is 55.6 Å². The average Bonchev–Trinajstić information content (AvgIpc) is 2.48. The fourth-order valence-electron chi connectivity index (χ4n) is 3.18. The van der Waals surface area contributed by atoms with Crippen LogP contribution in [-0.4, -0.2) is 81.5 Å². The number of hydrogen-bond acceptors (Lipinski definition) is 6. The molecule has 2 saturated carbocycles. The van der Waals surface area contributed by atoms with Gasteiger partial charge in [-0.3, -0.25) is 9.59 Å². The Morgan fingerprint density at radius 2 is 0.906 bits per heavy atom. The Morgan fingerprint density at radius 1 is 0.656 bits per heavy atom. The lowest BCUT2D eigenvalue weighted by Crippen LogP contribution is -2.49. The third kappa shape index (κ3) is 8.55. The topological polar surface area (TPSA) is 134 Å². The Balaban J connectivity index is 0.000000320. The molecule has 2 aliphatic rings. The van der Waals surface area contributed by atoms with E-state index in [1.807, 2.05) is 0 Å². The minimum Gasteiger partial charge on any atom is -0.481 e. The van der Waals surface area contributed by atoms with Gasteiger partial charge in [-0.05, 0) is 67.2 Å². The fourth-order valence-corrected chi connectivity index (χ4v) is 3.18. The molecule has 0 radical (unpaired) electrons. The number of nitrogens with zero attached hydrogens (tertiary/aromatic N) is 2. The molecule has 10 nitrogen and oxygen atoms in total. The van der Waals surface area contributed by atoms with E-state index in [2.05, 4.69) is 0 Å². The van der Waals surface area contributed by atoms with Crippen molar-refractivity contribution in [2.75, 3.05) is 14.1 Å². The van der Waals surface area contributed by atoms with Crippen LogP contribution in [0.15, 0.2) is 0 Å². The summed E-state index contributed by atoms with van der Waals surface area (Å²) in [7, 11) is 3.30. The third-order valence-electron chi connectivity index (χ3n) is 5.38. The zero-order valence-electron chi connectivity index (χ0n) is 20.4. The van der Waals surface area contributed by atoms with Gasteiger partial charge < -0.3 is 29.5 Å². The maximum atomic E-state index is 11.6. The van der Waals surface area contributed by atoms with Crippen molar-refractivity contribution in [1.82, 2.24) is 9.80 Å². The lowest BCUT2D eigenvalue weighted by Gasteiger charge is -2.39. The second kappa shape index (κ2) is 10.4. The van der Waals surface area contributed by atoms with Gasteiger partial charge in [-0.1, -0.05) is 0 Å². The van der Waals surface area contributed by atoms with Gasteiger partial charge in [0.25, 0.3) is 0 Å². The molecule has 0 unspecified atom stereocenters. The molecule has 0 bridgehead atoms. The van der Waals surface area contributed by atoms with Gasteiger partial charge in [-0.15, -0.1) is 0 Å². The minimum atomic E-state index is -0.783. The molecule has 0 aromatic heterocycles. The lowest BCUT2D eigenvalue weighted by molar-refractivity contribution is -0.147. The highest BCUT2D eigenvalue weighted by atomic mass is 16.6. The van der Waals surface area contributed by atoms with E-state index in [-0.39, 0.29) is 36.1 Å². The zero-order chi connectivity index (χ0) is 25.0. The third-order valence-corrected chi connectivity index (χ3v) is 5.38. The van der Waals surface area contributed by atoms with Crippen LogP contribution in [-0.2, 0) is 19.1 Å². The molecular formula is C22H38N2O8. The van der Waals surface area contributed by atoms with Gasteiger partial charge in [0.15, 0.2) is 0 Å². The SMILES string of the molecule is CN(C(=O)OC(C)(C)C)C1CC(C(=O)O)C1.CN(C(=O)OC(C)(C)C)C1CC(C(=O)O)C1. The summed E-state index contributed by atoms with van der Waals surface area (Å²) in [6.45, 7) is 10.8. The molecule has 2 amide bonds. The molecule has 0 spiro atoms. The fraction of sp³-hybridized carbons (Fsp3) is 0.818. The van der Waals surface area contributed by atoms with Crippen molar-refractivity contribution in [2.24, 2.45) is 11.8 Å². The van der Waals surface area contributed by atoms with Crippen LogP contribution in [0, 0.1) is 11.8 Å². The van der Waals surface area contributed by atoms with Gasteiger partial charge in [-0.2, -0.15) is 0 Å². The summed E-state index contributed by atoms with van der Waals surface area (Å²) in [5.74, 6) is -2.19. The first-order valence-corrected chi connectivity index (χ1v) is 10.8. The van der Waals surface area contributed by atoms with E-state index in [0.717, 1.165) is 0 Å². The molecule has 0 aliphatic heterocycles. The van der Waals surface area contributed by atoms with Crippen molar-refractivity contribution in [3.05, 3.63) is 0 Å². The Morgan fingerprint density at radius 3 is 1.09 bits per heavy atom. The van der Waals surface area contributed by atoms with Crippen molar-refractivity contribution in [3.63, 3.8) is 0 Å². The molecule has 32 heavy (non-hydrogen) atoms. The number of rotatable bonds is 4. The molecule has 2 fully saturated rings. The number of amides is 2. The maximum Gasteiger partial charge on any atom is 0.410 e. The monoisotopic (exact) mass is 458 g/mol. The Labute approximate surface area is 189 Å². The van der Waals surface area contributed by atoms with Crippen molar-refractivity contribution in [2.45, 2.75) is 90.5 Å². The van der Waals surface area contributed by atoms with Crippen LogP contribution in [0.4, 0.5) is 9.59 Å². The molecule has 184 valence electrons. The number of carbonyl (C=O) groups excluding carboxylic acids is 2. The van der Waals surface area contributed by atoms with E-state index in [0.29, 0.717) is 25.7 Å². The molecule has 0 atom stereocenters. The molecule has 10 heteroatoms. The molecule has 0 aromatic rings. The summed E-state index contributed by atoms with van der Waals surface area (Å²) in [6.07, 6.45) is 1.30. The predicted molar refractivity (Wildman–Crippen MR) is 116 cm³/mol. The number of hydrogen-bond donors (Lipinski definition) is 2. The first-order valence-electron chi connectivity index (χ1n) is 10.8. The van der Waals surface area contributed by atoms with Crippen LogP contribution in [0.1, 0.15) is 67.2 Å². The van der Waals surface area contributed by atoms with Gasteiger partial charge >= 0.3 is 24.1 Å². The first-order chi connectivity index (χ1) is 14.4. The molecule has 0 saturated heterocycles. The van der Waals surface area contributed by atoms with Crippen molar-refractivity contribution in [1.29, 1.82) is 0 Å². The van der Waals surface area contributed by atoms with Crippen LogP contribution < -0.4 is 0 Å². The summed E-state index contributed by atoms with van der Waals surface area (Å²) in [5, 5.41) is 17.4. The van der Waals surface area contributed by atoms with Crippen LogP contribution in [0.3, 0.4) is 0 Å². The lowest BCUT2D eigenvalue weighted by atomic mass is 9.80. The number of aliphatic carboxylic acids is 2. The van der Waals surface area contributed by atoms with E-state index in [4.69, 9.17) is 19.7 Å². The number of carboxylic acid groups (broad SMARTS) is 2. The summed E-state index contributed by atoms with van der Waals surface area (Å²) in [6, 6.07) is -0.00750. The normalized spacial score (nSPS) is 24.5. The van der Waals surface area contributed by atoms with E-state index >= 15 is 0 Å². The summed E-state index contributed by atoms with van der Waals surface area (Å²) >= 11 is 0. The van der Waals surface area contributed by atoms with Gasteiger partial charge in [0.05, 0.1) is 11.8 Å². The molecule has 0 aromatic carbocycles. The van der Waals surface area contributed by atoms with E-state index < -0.39 is 23.1 Å². The highest BCUT2D eigenvalue weighted by Gasteiger charge is 2.40. The molecule has 2 rings (SSSR count). The van der Waals surface area contributed by atoms with Crippen LogP contribution in [0.2, 0.25) is 0 Å². The quantitative estimate of drug-likeness (QED) is 0.654. The molecule has 0 heterocycles. The largest absolute Gasteiger partial charge is 0.481 e. The first kappa shape index (κ1) is 27.5. The van der Waals surface area contributed by atoms with Gasteiger partial charge in [-0.25, -0.2) is 9.59 Å². The zero-order valence-corrected chi connectivity index (χ0v) is 20.4. The highest BCUT2D eigenvalue weighted by molar-refractivity contribution is 5.73. The summed E-state index contributed by atoms with van der Waals surface area (Å²) in [4.78, 5) is 47.5. The van der Waals surface area contributed by atoms with Crippen molar-refractivity contribution in [3.8, 4) is 0 Å². The maximum absolute atomic E-state index is 11.6.